The first-order valence-electron chi connectivity index (χ1n) is 4.45. The maximum Gasteiger partial charge on any atom is 1.00 e. The van der Waals surface area contributed by atoms with Crippen molar-refractivity contribution in [3.05, 3.63) is 29.3 Å². The molecule has 1 atom stereocenters. The zero-order valence-corrected chi connectivity index (χ0v) is 15.4. The molecule has 0 saturated carbocycles. The van der Waals surface area contributed by atoms with Crippen molar-refractivity contribution in [1.82, 2.24) is 0 Å². The fourth-order valence-corrected chi connectivity index (χ4v) is 1.52. The van der Waals surface area contributed by atoms with Crippen LogP contribution in [-0.4, -0.2) is 4.89 Å². The summed E-state index contributed by atoms with van der Waals surface area (Å²) in [6.07, 6.45) is 0. The third-order valence-electron chi connectivity index (χ3n) is 2.06. The van der Waals surface area contributed by atoms with E-state index in [1.165, 1.54) is 0 Å². The van der Waals surface area contributed by atoms with E-state index in [4.69, 9.17) is 9.42 Å². The quantitative estimate of drug-likeness (QED) is 0.479. The molecule has 1 unspecified atom stereocenters. The van der Waals surface area contributed by atoms with Gasteiger partial charge in [-0.2, -0.15) is 0 Å². The summed E-state index contributed by atoms with van der Waals surface area (Å²) in [5, 5.41) is 0. The molecule has 0 aromatic heterocycles. The topological polar surface area (TPSA) is 46.5 Å². The summed E-state index contributed by atoms with van der Waals surface area (Å²) < 4.78 is 15.3. The van der Waals surface area contributed by atoms with Gasteiger partial charge in [0.15, 0.2) is 5.75 Å². The average molecular weight is 261 g/mol. The molecule has 1 N–H and O–H groups in total. The van der Waals surface area contributed by atoms with Gasteiger partial charge in [0.1, 0.15) is 0 Å². The van der Waals surface area contributed by atoms with Crippen LogP contribution in [0, 0.1) is 6.92 Å². The van der Waals surface area contributed by atoms with Crippen LogP contribution in [0.4, 0.5) is 0 Å². The molecule has 0 fully saturated rings. The van der Waals surface area contributed by atoms with E-state index in [-0.39, 0.29) is 62.0 Å². The van der Waals surface area contributed by atoms with E-state index in [0.717, 1.165) is 11.1 Å². The Morgan fingerprint density at radius 2 is 1.94 bits per heavy atom. The molecule has 3 nitrogen and oxygen atoms in total. The molecule has 0 aliphatic rings. The molecule has 0 aliphatic heterocycles. The largest absolute Gasteiger partial charge is 1.00 e. The predicted molar refractivity (Wildman–Crippen MR) is 57.9 cm³/mol. The fourth-order valence-electron chi connectivity index (χ4n) is 1.16. The van der Waals surface area contributed by atoms with Crippen molar-refractivity contribution in [2.75, 3.05) is 0 Å². The van der Waals surface area contributed by atoms with Crippen molar-refractivity contribution in [2.24, 2.45) is 0 Å². The van der Waals surface area contributed by atoms with Crippen LogP contribution >= 0.6 is 8.25 Å². The van der Waals surface area contributed by atoms with Gasteiger partial charge in [0.25, 0.3) is 0 Å². The summed E-state index contributed by atoms with van der Waals surface area (Å²) in [7, 11) is -2.57. The van der Waals surface area contributed by atoms with E-state index < -0.39 is 8.25 Å². The van der Waals surface area contributed by atoms with Gasteiger partial charge in [0.05, 0.1) is 0 Å². The van der Waals surface area contributed by atoms with Crippen LogP contribution in [0.5, 0.6) is 5.75 Å². The van der Waals surface area contributed by atoms with E-state index >= 15 is 0 Å². The Balaban J connectivity index is -0.000000245. The van der Waals surface area contributed by atoms with Crippen molar-refractivity contribution in [3.63, 3.8) is 0 Å². The summed E-state index contributed by atoms with van der Waals surface area (Å²) >= 11 is 0. The molecular formula is C10H16Na2O3P+. The van der Waals surface area contributed by atoms with Gasteiger partial charge in [0, 0.05) is 4.57 Å². The molecule has 16 heavy (non-hydrogen) atoms. The predicted octanol–water partition coefficient (Wildman–Crippen LogP) is -2.62. The average Bonchev–Trinajstić information content (AvgIpc) is 2.07. The van der Waals surface area contributed by atoms with Crippen LogP contribution in [0.2, 0.25) is 0 Å². The molecule has 0 radical (unpaired) electrons. The third kappa shape index (κ3) is 6.13. The van der Waals surface area contributed by atoms with Gasteiger partial charge >= 0.3 is 67.4 Å². The molecule has 0 aliphatic carbocycles. The standard InChI is InChI=1S/C10H13O3P.2Na.2H/c1-7(2)9-5-4-8(3)10(6-9)13-14(11)12;;;;/h4-7H,1-3H3;;;;/q;2*+1;2*-1/p+1. The second kappa shape index (κ2) is 9.07. The van der Waals surface area contributed by atoms with Crippen LogP contribution in [0.25, 0.3) is 0 Å². The van der Waals surface area contributed by atoms with E-state index in [0.29, 0.717) is 11.7 Å². The Morgan fingerprint density at radius 3 is 2.38 bits per heavy atom. The minimum atomic E-state index is -2.57. The van der Waals surface area contributed by atoms with E-state index in [2.05, 4.69) is 13.8 Å². The van der Waals surface area contributed by atoms with Gasteiger partial charge in [-0.15, -0.1) is 4.89 Å². The minimum Gasteiger partial charge on any atom is -1.00 e. The smallest absolute Gasteiger partial charge is 1.00 e. The fraction of sp³-hybridized carbons (Fsp3) is 0.400. The molecular weight excluding hydrogens is 245 g/mol. The second-order valence-corrected chi connectivity index (χ2v) is 4.17. The van der Waals surface area contributed by atoms with Gasteiger partial charge in [-0.25, -0.2) is 4.52 Å². The van der Waals surface area contributed by atoms with Crippen LogP contribution in [0.3, 0.4) is 0 Å². The number of aryl methyl sites for hydroxylation is 1. The van der Waals surface area contributed by atoms with Gasteiger partial charge < -0.3 is 2.85 Å². The van der Waals surface area contributed by atoms with Gasteiger partial charge in [-0.05, 0) is 30.0 Å². The van der Waals surface area contributed by atoms with Crippen LogP contribution < -0.4 is 63.6 Å². The summed E-state index contributed by atoms with van der Waals surface area (Å²) in [5.41, 5.74) is 1.97. The number of benzene rings is 1. The Hall–Kier alpha value is 1.08. The van der Waals surface area contributed by atoms with Crippen molar-refractivity contribution < 1.29 is 76.0 Å². The molecule has 0 bridgehead atoms. The molecule has 0 spiro atoms. The summed E-state index contributed by atoms with van der Waals surface area (Å²) in [6, 6.07) is 5.70. The Labute approximate surface area is 144 Å². The Kier molecular flexibility index (Phi) is 11.0. The molecule has 1 aromatic carbocycles. The minimum absolute atomic E-state index is 0. The Morgan fingerprint density at radius 1 is 1.38 bits per heavy atom. The van der Waals surface area contributed by atoms with Gasteiger partial charge in [-0.1, -0.05) is 26.0 Å². The molecule has 80 valence electrons. The normalized spacial score (nSPS) is 10.2. The number of hydrogen-bond acceptors (Lipinski definition) is 2. The van der Waals surface area contributed by atoms with Crippen molar-refractivity contribution in [2.45, 2.75) is 26.7 Å². The molecule has 0 amide bonds. The molecule has 0 saturated heterocycles. The van der Waals surface area contributed by atoms with Gasteiger partial charge in [0.2, 0.25) is 0 Å². The third-order valence-corrected chi connectivity index (χ3v) is 2.41. The molecule has 6 heteroatoms. The molecule has 1 rings (SSSR count). The zero-order valence-electron chi connectivity index (χ0n) is 12.5. The number of hydrogen-bond donors (Lipinski definition) is 1. The van der Waals surface area contributed by atoms with Crippen LogP contribution in [0.15, 0.2) is 18.2 Å². The Bertz CT molecular complexity index is 365. The maximum absolute atomic E-state index is 10.5. The number of rotatable bonds is 3. The SMILES string of the molecule is Cc1ccc(C(C)C)cc1O[P+](=O)O.[H-].[H-].[Na+].[Na+]. The maximum atomic E-state index is 10.5. The monoisotopic (exact) mass is 261 g/mol. The summed E-state index contributed by atoms with van der Waals surface area (Å²) in [5.74, 6) is 0.870. The first-order chi connectivity index (χ1) is 6.50. The van der Waals surface area contributed by atoms with Gasteiger partial charge in [-0.3, -0.25) is 0 Å². The summed E-state index contributed by atoms with van der Waals surface area (Å²) in [4.78, 5) is 8.65. The van der Waals surface area contributed by atoms with E-state index in [1.54, 1.807) is 0 Å². The van der Waals surface area contributed by atoms with E-state index in [9.17, 15) is 4.57 Å². The first-order valence-corrected chi connectivity index (χ1v) is 5.58. The molecule has 0 heterocycles. The second-order valence-electron chi connectivity index (χ2n) is 3.51. The first kappa shape index (κ1) is 19.4. The van der Waals surface area contributed by atoms with Crippen molar-refractivity contribution >= 4 is 8.25 Å². The van der Waals surface area contributed by atoms with Crippen molar-refractivity contribution in [1.29, 1.82) is 0 Å². The molecule has 1 aromatic rings. The van der Waals surface area contributed by atoms with Crippen LogP contribution in [-0.2, 0) is 4.57 Å². The van der Waals surface area contributed by atoms with Crippen molar-refractivity contribution in [3.8, 4) is 5.75 Å². The van der Waals surface area contributed by atoms with Crippen LogP contribution in [0.1, 0.15) is 33.7 Å². The summed E-state index contributed by atoms with van der Waals surface area (Å²) in [6.45, 7) is 5.97. The zero-order chi connectivity index (χ0) is 10.7. The van der Waals surface area contributed by atoms with E-state index in [1.807, 2.05) is 25.1 Å².